The van der Waals surface area contributed by atoms with Crippen LogP contribution in [-0.2, 0) is 6.54 Å². The van der Waals surface area contributed by atoms with Gasteiger partial charge in [0.15, 0.2) is 0 Å². The summed E-state index contributed by atoms with van der Waals surface area (Å²) < 4.78 is 0. The van der Waals surface area contributed by atoms with Gasteiger partial charge in [-0.2, -0.15) is 0 Å². The highest BCUT2D eigenvalue weighted by atomic mass is 35.5. The molecule has 0 aliphatic heterocycles. The van der Waals surface area contributed by atoms with Crippen molar-refractivity contribution < 1.29 is 4.79 Å². The van der Waals surface area contributed by atoms with Crippen LogP contribution in [0.3, 0.4) is 0 Å². The van der Waals surface area contributed by atoms with Crippen molar-refractivity contribution in [3.05, 3.63) is 77.5 Å². The number of nitrogens with zero attached hydrogens (tertiary/aromatic N) is 3. The number of anilines is 2. The standard InChI is InChI=1S/C17H14ClN5O/c18-13-3-5-14(6-4-13)23-16-11-20-15(10-21-16)17(24)22-9-12-2-1-7-19-8-12/h1-8,10-11H,9H2,(H,21,23)(H,22,24). The largest absolute Gasteiger partial charge is 0.347 e. The minimum absolute atomic E-state index is 0.251. The predicted molar refractivity (Wildman–Crippen MR) is 92.2 cm³/mol. The zero-order chi connectivity index (χ0) is 16.8. The molecule has 0 atom stereocenters. The van der Waals surface area contributed by atoms with Crippen molar-refractivity contribution in [1.29, 1.82) is 0 Å². The van der Waals surface area contributed by atoms with E-state index in [0.717, 1.165) is 11.3 Å². The number of amides is 1. The van der Waals surface area contributed by atoms with Crippen LogP contribution in [0.2, 0.25) is 5.02 Å². The van der Waals surface area contributed by atoms with Gasteiger partial charge >= 0.3 is 0 Å². The van der Waals surface area contributed by atoms with Gasteiger partial charge in [-0.1, -0.05) is 17.7 Å². The second-order valence-electron chi connectivity index (χ2n) is 4.96. The summed E-state index contributed by atoms with van der Waals surface area (Å²) in [6, 6.07) is 10.9. The molecule has 0 radical (unpaired) electrons. The van der Waals surface area contributed by atoms with Crippen molar-refractivity contribution in [2.75, 3.05) is 5.32 Å². The Bertz CT molecular complexity index is 807. The number of rotatable bonds is 5. The number of carbonyl (C=O) groups is 1. The van der Waals surface area contributed by atoms with Gasteiger partial charge in [-0.25, -0.2) is 9.97 Å². The van der Waals surface area contributed by atoms with Gasteiger partial charge in [-0.15, -0.1) is 0 Å². The Morgan fingerprint density at radius 2 is 1.88 bits per heavy atom. The topological polar surface area (TPSA) is 79.8 Å². The van der Waals surface area contributed by atoms with Gasteiger partial charge in [-0.3, -0.25) is 9.78 Å². The molecular formula is C17H14ClN5O. The SMILES string of the molecule is O=C(NCc1cccnc1)c1cnc(Nc2ccc(Cl)cc2)cn1. The highest BCUT2D eigenvalue weighted by Gasteiger charge is 2.08. The number of pyridine rings is 1. The molecule has 0 fully saturated rings. The summed E-state index contributed by atoms with van der Waals surface area (Å²) in [5, 5.41) is 6.52. The van der Waals surface area contributed by atoms with Crippen LogP contribution < -0.4 is 10.6 Å². The lowest BCUT2D eigenvalue weighted by atomic mass is 10.3. The van der Waals surface area contributed by atoms with E-state index in [1.807, 2.05) is 24.3 Å². The molecule has 3 aromatic rings. The smallest absolute Gasteiger partial charge is 0.271 e. The summed E-state index contributed by atoms with van der Waals surface area (Å²) in [6.07, 6.45) is 6.32. The maximum atomic E-state index is 12.1. The molecule has 0 saturated carbocycles. The van der Waals surface area contributed by atoms with Crippen LogP contribution in [0.4, 0.5) is 11.5 Å². The van der Waals surface area contributed by atoms with E-state index in [2.05, 4.69) is 25.6 Å². The number of halogens is 1. The Kier molecular flexibility index (Phi) is 4.98. The van der Waals surface area contributed by atoms with Gasteiger partial charge in [0.05, 0.1) is 12.4 Å². The summed E-state index contributed by atoms with van der Waals surface area (Å²) in [7, 11) is 0. The Morgan fingerprint density at radius 1 is 1.04 bits per heavy atom. The Balaban J connectivity index is 1.59. The average molecular weight is 340 g/mol. The summed E-state index contributed by atoms with van der Waals surface area (Å²) in [4.78, 5) is 24.4. The van der Waals surface area contributed by atoms with Crippen molar-refractivity contribution in [3.63, 3.8) is 0 Å². The molecule has 1 amide bonds. The van der Waals surface area contributed by atoms with E-state index >= 15 is 0 Å². The van der Waals surface area contributed by atoms with Gasteiger partial charge in [0, 0.05) is 29.6 Å². The highest BCUT2D eigenvalue weighted by molar-refractivity contribution is 6.30. The lowest BCUT2D eigenvalue weighted by Crippen LogP contribution is -2.24. The Labute approximate surface area is 143 Å². The molecule has 0 bridgehead atoms. The van der Waals surface area contributed by atoms with E-state index in [4.69, 9.17) is 11.6 Å². The third kappa shape index (κ3) is 4.27. The second-order valence-corrected chi connectivity index (χ2v) is 5.40. The molecule has 2 N–H and O–H groups in total. The lowest BCUT2D eigenvalue weighted by molar-refractivity contribution is 0.0945. The zero-order valence-electron chi connectivity index (χ0n) is 12.6. The first kappa shape index (κ1) is 15.9. The van der Waals surface area contributed by atoms with E-state index in [1.165, 1.54) is 12.4 Å². The van der Waals surface area contributed by atoms with Gasteiger partial charge < -0.3 is 10.6 Å². The number of benzene rings is 1. The Morgan fingerprint density at radius 3 is 2.54 bits per heavy atom. The van der Waals surface area contributed by atoms with Crippen molar-refractivity contribution in [3.8, 4) is 0 Å². The zero-order valence-corrected chi connectivity index (χ0v) is 13.4. The summed E-state index contributed by atoms with van der Waals surface area (Å²) >= 11 is 5.84. The Hall–Kier alpha value is -2.99. The first-order chi connectivity index (χ1) is 11.7. The van der Waals surface area contributed by atoms with Gasteiger partial charge in [-0.05, 0) is 35.9 Å². The van der Waals surface area contributed by atoms with Gasteiger partial charge in [0.2, 0.25) is 0 Å². The molecule has 2 heterocycles. The van der Waals surface area contributed by atoms with Crippen molar-refractivity contribution in [2.45, 2.75) is 6.54 Å². The minimum Gasteiger partial charge on any atom is -0.347 e. The fraction of sp³-hybridized carbons (Fsp3) is 0.0588. The van der Waals surface area contributed by atoms with Crippen LogP contribution in [0, 0.1) is 0 Å². The molecule has 120 valence electrons. The van der Waals surface area contributed by atoms with Crippen molar-refractivity contribution in [2.24, 2.45) is 0 Å². The first-order valence-electron chi connectivity index (χ1n) is 7.22. The molecule has 6 nitrogen and oxygen atoms in total. The minimum atomic E-state index is -0.288. The van der Waals surface area contributed by atoms with Crippen LogP contribution in [0.5, 0.6) is 0 Å². The first-order valence-corrected chi connectivity index (χ1v) is 7.60. The number of carbonyl (C=O) groups excluding carboxylic acids is 1. The second kappa shape index (κ2) is 7.52. The van der Waals surface area contributed by atoms with Crippen LogP contribution >= 0.6 is 11.6 Å². The van der Waals surface area contributed by atoms with Crippen LogP contribution in [0.25, 0.3) is 0 Å². The number of hydrogen-bond acceptors (Lipinski definition) is 5. The van der Waals surface area contributed by atoms with E-state index in [0.29, 0.717) is 17.4 Å². The highest BCUT2D eigenvalue weighted by Crippen LogP contribution is 2.16. The summed E-state index contributed by atoms with van der Waals surface area (Å²) in [5.74, 6) is 0.255. The molecular weight excluding hydrogens is 326 g/mol. The van der Waals surface area contributed by atoms with Crippen LogP contribution in [-0.4, -0.2) is 20.9 Å². The van der Waals surface area contributed by atoms with Gasteiger partial charge in [0.1, 0.15) is 11.5 Å². The molecule has 0 saturated heterocycles. The van der Waals surface area contributed by atoms with E-state index in [9.17, 15) is 4.79 Å². The normalized spacial score (nSPS) is 10.2. The van der Waals surface area contributed by atoms with E-state index in [-0.39, 0.29) is 11.6 Å². The van der Waals surface area contributed by atoms with E-state index < -0.39 is 0 Å². The van der Waals surface area contributed by atoms with E-state index in [1.54, 1.807) is 24.5 Å². The monoisotopic (exact) mass is 339 g/mol. The van der Waals surface area contributed by atoms with Gasteiger partial charge in [0.25, 0.3) is 5.91 Å². The average Bonchev–Trinajstić information content (AvgIpc) is 2.63. The number of nitrogens with one attached hydrogen (secondary N) is 2. The molecule has 1 aromatic carbocycles. The fourth-order valence-electron chi connectivity index (χ4n) is 1.97. The molecule has 3 rings (SSSR count). The molecule has 0 aliphatic rings. The maximum Gasteiger partial charge on any atom is 0.271 e. The lowest BCUT2D eigenvalue weighted by Gasteiger charge is -2.07. The third-order valence-corrected chi connectivity index (χ3v) is 3.43. The summed E-state index contributed by atoms with van der Waals surface area (Å²) in [5.41, 5.74) is 2.00. The molecule has 2 aromatic heterocycles. The fourth-order valence-corrected chi connectivity index (χ4v) is 2.09. The predicted octanol–water partition coefficient (Wildman–Crippen LogP) is 3.20. The van der Waals surface area contributed by atoms with Crippen molar-refractivity contribution in [1.82, 2.24) is 20.3 Å². The molecule has 0 spiro atoms. The maximum absolute atomic E-state index is 12.1. The van der Waals surface area contributed by atoms with Crippen LogP contribution in [0.15, 0.2) is 61.2 Å². The molecule has 24 heavy (non-hydrogen) atoms. The summed E-state index contributed by atoms with van der Waals surface area (Å²) in [6.45, 7) is 0.388. The molecule has 0 unspecified atom stereocenters. The van der Waals surface area contributed by atoms with Crippen LogP contribution in [0.1, 0.15) is 16.1 Å². The third-order valence-electron chi connectivity index (χ3n) is 3.18. The molecule has 7 heteroatoms. The quantitative estimate of drug-likeness (QED) is 0.746. The number of hydrogen-bond donors (Lipinski definition) is 2. The van der Waals surface area contributed by atoms with Crippen molar-refractivity contribution >= 4 is 29.0 Å². The molecule has 0 aliphatic carbocycles. The number of aromatic nitrogens is 3.